The molecule has 0 heterocycles. The molecule has 0 rings (SSSR count). The summed E-state index contributed by atoms with van der Waals surface area (Å²) >= 11 is 0. The van der Waals surface area contributed by atoms with Gasteiger partial charge in [-0.05, 0) is 57.2 Å². The fourth-order valence-electron chi connectivity index (χ4n) is 2.99. The van der Waals surface area contributed by atoms with Gasteiger partial charge in [0, 0.05) is 20.3 Å². The first-order valence-electron chi connectivity index (χ1n) is 12.5. The number of hydrogen-bond acceptors (Lipinski definition) is 7. The Hall–Kier alpha value is -1.29. The van der Waals surface area contributed by atoms with E-state index in [4.69, 9.17) is 28.1 Å². The maximum absolute atomic E-state index is 11.4. The van der Waals surface area contributed by atoms with Crippen LogP contribution in [0.15, 0.2) is 37.0 Å². The van der Waals surface area contributed by atoms with Crippen molar-refractivity contribution >= 4 is 14.3 Å². The van der Waals surface area contributed by atoms with Crippen molar-refractivity contribution in [2.24, 2.45) is 0 Å². The minimum absolute atomic E-state index is 0.0795. The number of allylic oxidation sites excluding steroid dienone is 2. The largest absolute Gasteiger partial charge is 0.463 e. The number of rotatable bonds is 20. The molecule has 0 aromatic rings. The number of unbranched alkanes of at least 4 members (excludes halogenated alkanes) is 1. The molecule has 0 unspecified atom stereocenters. The lowest BCUT2D eigenvalue weighted by molar-refractivity contribution is -0.137. The highest BCUT2D eigenvalue weighted by Gasteiger charge is 2.40. The van der Waals surface area contributed by atoms with Gasteiger partial charge in [0.25, 0.3) is 0 Å². The van der Waals surface area contributed by atoms with Crippen molar-refractivity contribution in [1.29, 1.82) is 0 Å². The van der Waals surface area contributed by atoms with Gasteiger partial charge in [0.15, 0.2) is 8.32 Å². The summed E-state index contributed by atoms with van der Waals surface area (Å²) in [6.45, 7) is 17.6. The molecule has 0 aliphatic rings. The van der Waals surface area contributed by atoms with E-state index in [1.165, 1.54) is 6.08 Å². The van der Waals surface area contributed by atoms with E-state index in [0.717, 1.165) is 32.1 Å². The van der Waals surface area contributed by atoms with E-state index in [1.54, 1.807) is 21.1 Å². The van der Waals surface area contributed by atoms with Crippen molar-refractivity contribution in [2.75, 3.05) is 34.4 Å². The number of carbonyl (C=O) groups excluding carboxylic acids is 1. The maximum atomic E-state index is 11.4. The summed E-state index contributed by atoms with van der Waals surface area (Å²) in [5.74, 6) is -0.315. The molecule has 204 valence electrons. The molecule has 0 bridgehead atoms. The smallest absolute Gasteiger partial charge is 0.330 e. The Balaban J connectivity index is 5.46. The molecule has 35 heavy (non-hydrogen) atoms. The predicted octanol–water partition coefficient (Wildman–Crippen LogP) is 6.17. The zero-order chi connectivity index (χ0) is 26.7. The zero-order valence-electron chi connectivity index (χ0n) is 23.3. The summed E-state index contributed by atoms with van der Waals surface area (Å²) in [4.78, 5) is 11.4. The Morgan fingerprint density at radius 3 is 2.23 bits per heavy atom. The summed E-state index contributed by atoms with van der Waals surface area (Å²) in [6, 6.07) is 0. The summed E-state index contributed by atoms with van der Waals surface area (Å²) in [6.07, 6.45) is 12.7. The molecular formula is C27H50O7Si. The van der Waals surface area contributed by atoms with E-state index in [9.17, 15) is 4.79 Å². The standard InChI is InChI=1S/C27H50O7Si/c1-10-12-17-25(34-35(8,9)27(3,4)5)24(33-22-30-7)20-19-23(32-21-29-6)16-14-13-15-18-26(28)31-11-2/h10,15,18-20,23-25H,1,11-14,16-17,21-22H2,2-9H3/b18-15+,20-19+/t23-,24-,25-/m0/s1. The average molecular weight is 515 g/mol. The van der Waals surface area contributed by atoms with Gasteiger partial charge in [-0.1, -0.05) is 45.1 Å². The van der Waals surface area contributed by atoms with Gasteiger partial charge in [0.05, 0.1) is 18.8 Å². The fourth-order valence-corrected chi connectivity index (χ4v) is 4.35. The lowest BCUT2D eigenvalue weighted by atomic mass is 10.1. The highest BCUT2D eigenvalue weighted by Crippen LogP contribution is 2.38. The third kappa shape index (κ3) is 15.4. The lowest BCUT2D eigenvalue weighted by Gasteiger charge is -2.41. The molecule has 3 atom stereocenters. The first kappa shape index (κ1) is 33.7. The van der Waals surface area contributed by atoms with Gasteiger partial charge in [-0.25, -0.2) is 4.79 Å². The summed E-state index contributed by atoms with van der Waals surface area (Å²) < 4.78 is 33.9. The molecule has 0 fully saturated rings. The molecule has 0 N–H and O–H groups in total. The van der Waals surface area contributed by atoms with Gasteiger partial charge in [-0.2, -0.15) is 0 Å². The number of ether oxygens (including phenoxy) is 5. The van der Waals surface area contributed by atoms with E-state index >= 15 is 0 Å². The van der Waals surface area contributed by atoms with Crippen LogP contribution in [0.3, 0.4) is 0 Å². The van der Waals surface area contributed by atoms with Crippen LogP contribution in [0, 0.1) is 0 Å². The highest BCUT2D eigenvalue weighted by atomic mass is 28.4. The molecule has 0 aliphatic carbocycles. The van der Waals surface area contributed by atoms with Crippen LogP contribution in [-0.2, 0) is 32.9 Å². The number of hydrogen-bond donors (Lipinski definition) is 0. The molecule has 0 spiro atoms. The Bertz CT molecular complexity index is 626. The van der Waals surface area contributed by atoms with E-state index in [-0.39, 0.29) is 42.9 Å². The van der Waals surface area contributed by atoms with E-state index in [2.05, 4.69) is 40.4 Å². The van der Waals surface area contributed by atoms with Gasteiger partial charge in [0.2, 0.25) is 0 Å². The van der Waals surface area contributed by atoms with E-state index in [1.807, 2.05) is 24.3 Å². The van der Waals surface area contributed by atoms with Crippen LogP contribution < -0.4 is 0 Å². The van der Waals surface area contributed by atoms with E-state index in [0.29, 0.717) is 6.61 Å². The molecule has 0 saturated heterocycles. The Kier molecular flexibility index (Phi) is 18.2. The molecule has 0 aromatic carbocycles. The molecule has 0 radical (unpaired) electrons. The van der Waals surface area contributed by atoms with Crippen LogP contribution in [0.5, 0.6) is 0 Å². The molecule has 0 amide bonds. The van der Waals surface area contributed by atoms with Crippen LogP contribution >= 0.6 is 0 Å². The highest BCUT2D eigenvalue weighted by molar-refractivity contribution is 6.74. The normalized spacial score (nSPS) is 15.4. The molecule has 8 heteroatoms. The van der Waals surface area contributed by atoms with Gasteiger partial charge in [0.1, 0.15) is 19.7 Å². The predicted molar refractivity (Wildman–Crippen MR) is 144 cm³/mol. The van der Waals surface area contributed by atoms with Crippen molar-refractivity contribution in [2.45, 2.75) is 96.2 Å². The second-order valence-corrected chi connectivity index (χ2v) is 14.7. The van der Waals surface area contributed by atoms with Gasteiger partial charge < -0.3 is 28.1 Å². The number of carbonyl (C=O) groups is 1. The monoisotopic (exact) mass is 514 g/mol. The van der Waals surface area contributed by atoms with Crippen LogP contribution in [0.4, 0.5) is 0 Å². The Morgan fingerprint density at radius 1 is 1.00 bits per heavy atom. The lowest BCUT2D eigenvalue weighted by Crippen LogP contribution is -2.47. The van der Waals surface area contributed by atoms with Crippen LogP contribution in [0.2, 0.25) is 18.1 Å². The summed E-state index contributed by atoms with van der Waals surface area (Å²) in [5.41, 5.74) is 0. The molecule has 0 aromatic heterocycles. The maximum Gasteiger partial charge on any atom is 0.330 e. The first-order valence-corrected chi connectivity index (χ1v) is 15.4. The van der Waals surface area contributed by atoms with Crippen molar-refractivity contribution in [3.8, 4) is 0 Å². The van der Waals surface area contributed by atoms with Gasteiger partial charge in [-0.15, -0.1) is 6.58 Å². The van der Waals surface area contributed by atoms with Crippen molar-refractivity contribution in [3.63, 3.8) is 0 Å². The second-order valence-electron chi connectivity index (χ2n) is 9.90. The quantitative estimate of drug-likeness (QED) is 0.0480. The minimum atomic E-state index is -2.03. The third-order valence-corrected chi connectivity index (χ3v) is 10.5. The molecular weight excluding hydrogens is 464 g/mol. The topological polar surface area (TPSA) is 72.5 Å². The zero-order valence-corrected chi connectivity index (χ0v) is 24.3. The number of esters is 1. The van der Waals surface area contributed by atoms with Gasteiger partial charge >= 0.3 is 5.97 Å². The first-order chi connectivity index (χ1) is 16.5. The SMILES string of the molecule is C=CCC[C@H](O[Si](C)(C)C(C)(C)C)[C@H](/C=C/[C@H](CCC/C=C/C(=O)OCC)OCOC)OCOC. The summed E-state index contributed by atoms with van der Waals surface area (Å²) in [7, 11) is 1.19. The Morgan fingerprint density at radius 2 is 1.66 bits per heavy atom. The Labute approximate surface area is 215 Å². The van der Waals surface area contributed by atoms with Crippen LogP contribution in [-0.4, -0.2) is 67.0 Å². The average Bonchev–Trinajstić information content (AvgIpc) is 2.78. The third-order valence-electron chi connectivity index (χ3n) is 5.97. The van der Waals surface area contributed by atoms with Crippen molar-refractivity contribution in [1.82, 2.24) is 0 Å². The molecule has 0 aliphatic heterocycles. The second kappa shape index (κ2) is 18.9. The summed E-state index contributed by atoms with van der Waals surface area (Å²) in [5, 5.41) is 0.0795. The molecule has 0 saturated carbocycles. The van der Waals surface area contributed by atoms with Crippen LogP contribution in [0.1, 0.15) is 59.8 Å². The van der Waals surface area contributed by atoms with Crippen molar-refractivity contribution < 1.29 is 32.9 Å². The fraction of sp³-hybridized carbons (Fsp3) is 0.741. The van der Waals surface area contributed by atoms with Gasteiger partial charge in [-0.3, -0.25) is 0 Å². The molecule has 7 nitrogen and oxygen atoms in total. The van der Waals surface area contributed by atoms with Crippen LogP contribution in [0.25, 0.3) is 0 Å². The van der Waals surface area contributed by atoms with Crippen molar-refractivity contribution in [3.05, 3.63) is 37.0 Å². The minimum Gasteiger partial charge on any atom is -0.463 e. The number of methoxy groups -OCH3 is 2. The van der Waals surface area contributed by atoms with E-state index < -0.39 is 8.32 Å².